The molecule has 0 saturated heterocycles. The van der Waals surface area contributed by atoms with Gasteiger partial charge in [0.1, 0.15) is 11.9 Å². The van der Waals surface area contributed by atoms with E-state index in [1.165, 1.54) is 12.0 Å². The minimum atomic E-state index is 0.201. The molecule has 0 bridgehead atoms. The van der Waals surface area contributed by atoms with Gasteiger partial charge in [-0.05, 0) is 70.1 Å². The zero-order chi connectivity index (χ0) is 15.5. The van der Waals surface area contributed by atoms with Crippen molar-refractivity contribution in [2.45, 2.75) is 78.0 Å². The Labute approximate surface area is 130 Å². The Morgan fingerprint density at radius 2 is 1.95 bits per heavy atom. The quantitative estimate of drug-likeness (QED) is 0.828. The molecule has 1 aliphatic carbocycles. The first-order valence-electron chi connectivity index (χ1n) is 8.35. The largest absolute Gasteiger partial charge is 0.490 e. The average molecular weight is 289 g/mol. The van der Waals surface area contributed by atoms with Gasteiger partial charge in [0.25, 0.3) is 0 Å². The van der Waals surface area contributed by atoms with Gasteiger partial charge in [0, 0.05) is 11.6 Å². The maximum Gasteiger partial charge on any atom is 0.119 e. The van der Waals surface area contributed by atoms with E-state index in [9.17, 15) is 0 Å². The second kappa shape index (κ2) is 6.83. The van der Waals surface area contributed by atoms with Crippen LogP contribution in [-0.4, -0.2) is 17.7 Å². The molecule has 0 aliphatic heterocycles. The molecule has 1 N–H and O–H groups in total. The van der Waals surface area contributed by atoms with E-state index in [2.05, 4.69) is 64.2 Å². The molecule has 0 spiro atoms. The Bertz CT molecular complexity index is 441. The van der Waals surface area contributed by atoms with Crippen LogP contribution in [0, 0.1) is 5.92 Å². The van der Waals surface area contributed by atoms with Gasteiger partial charge in [0.15, 0.2) is 0 Å². The van der Waals surface area contributed by atoms with Crippen molar-refractivity contribution < 1.29 is 4.74 Å². The van der Waals surface area contributed by atoms with Gasteiger partial charge < -0.3 is 10.1 Å². The van der Waals surface area contributed by atoms with Gasteiger partial charge in [-0.15, -0.1) is 0 Å². The third kappa shape index (κ3) is 5.70. The number of benzene rings is 1. The monoisotopic (exact) mass is 289 g/mol. The van der Waals surface area contributed by atoms with E-state index in [0.29, 0.717) is 12.1 Å². The average Bonchev–Trinajstić information content (AvgIpc) is 2.33. The predicted octanol–water partition coefficient (Wildman–Crippen LogP) is 4.57. The van der Waals surface area contributed by atoms with Crippen molar-refractivity contribution in [3.05, 3.63) is 29.8 Å². The van der Waals surface area contributed by atoms with Gasteiger partial charge in [-0.25, -0.2) is 0 Å². The standard InChI is InChI=1S/C19H31NO/c1-14(2)9-10-15-7-6-8-17(11-15)21-18-12-16(13-18)20-19(3,4)5/h6-8,11,14,16,18,20H,9-10,12-13H2,1-5H3. The lowest BCUT2D eigenvalue weighted by atomic mass is 9.87. The van der Waals surface area contributed by atoms with Crippen molar-refractivity contribution in [2.24, 2.45) is 5.92 Å². The van der Waals surface area contributed by atoms with E-state index >= 15 is 0 Å². The van der Waals surface area contributed by atoms with Gasteiger partial charge in [-0.3, -0.25) is 0 Å². The highest BCUT2D eigenvalue weighted by molar-refractivity contribution is 5.29. The second-order valence-corrected chi connectivity index (χ2v) is 7.88. The minimum Gasteiger partial charge on any atom is -0.490 e. The molecule has 2 nitrogen and oxygen atoms in total. The van der Waals surface area contributed by atoms with Crippen LogP contribution in [0.1, 0.15) is 59.4 Å². The third-order valence-electron chi connectivity index (χ3n) is 3.94. The topological polar surface area (TPSA) is 21.3 Å². The fourth-order valence-electron chi connectivity index (χ4n) is 2.81. The Morgan fingerprint density at radius 1 is 1.24 bits per heavy atom. The van der Waals surface area contributed by atoms with Crippen LogP contribution in [0.25, 0.3) is 0 Å². The molecule has 0 heterocycles. The first-order valence-corrected chi connectivity index (χ1v) is 8.35. The highest BCUT2D eigenvalue weighted by Crippen LogP contribution is 2.28. The summed E-state index contributed by atoms with van der Waals surface area (Å²) >= 11 is 0. The summed E-state index contributed by atoms with van der Waals surface area (Å²) in [6.45, 7) is 11.2. The van der Waals surface area contributed by atoms with E-state index < -0.39 is 0 Å². The molecule has 0 radical (unpaired) electrons. The molecule has 118 valence electrons. The van der Waals surface area contributed by atoms with Crippen molar-refractivity contribution in [3.63, 3.8) is 0 Å². The highest BCUT2D eigenvalue weighted by Gasteiger charge is 2.33. The maximum absolute atomic E-state index is 6.10. The van der Waals surface area contributed by atoms with E-state index in [1.54, 1.807) is 0 Å². The molecule has 0 unspecified atom stereocenters. The zero-order valence-electron chi connectivity index (χ0n) is 14.3. The summed E-state index contributed by atoms with van der Waals surface area (Å²) in [5.74, 6) is 1.79. The molecule has 21 heavy (non-hydrogen) atoms. The van der Waals surface area contributed by atoms with Crippen LogP contribution in [0.5, 0.6) is 5.75 Å². The number of hydrogen-bond donors (Lipinski definition) is 1. The summed E-state index contributed by atoms with van der Waals surface area (Å²) in [5, 5.41) is 3.64. The van der Waals surface area contributed by atoms with Crippen molar-refractivity contribution in [3.8, 4) is 5.75 Å². The minimum absolute atomic E-state index is 0.201. The molecule has 0 atom stereocenters. The SMILES string of the molecule is CC(C)CCc1cccc(OC2CC(NC(C)(C)C)C2)c1. The third-order valence-corrected chi connectivity index (χ3v) is 3.94. The highest BCUT2D eigenvalue weighted by atomic mass is 16.5. The van der Waals surface area contributed by atoms with Crippen LogP contribution in [0.15, 0.2) is 24.3 Å². The van der Waals surface area contributed by atoms with E-state index in [-0.39, 0.29) is 5.54 Å². The number of hydrogen-bond acceptors (Lipinski definition) is 2. The van der Waals surface area contributed by atoms with E-state index in [0.717, 1.165) is 30.9 Å². The van der Waals surface area contributed by atoms with Crippen LogP contribution in [0.2, 0.25) is 0 Å². The van der Waals surface area contributed by atoms with Crippen molar-refractivity contribution in [2.75, 3.05) is 0 Å². The van der Waals surface area contributed by atoms with Crippen molar-refractivity contribution >= 4 is 0 Å². The Balaban J connectivity index is 1.78. The van der Waals surface area contributed by atoms with Crippen molar-refractivity contribution in [1.29, 1.82) is 0 Å². The maximum atomic E-state index is 6.10. The summed E-state index contributed by atoms with van der Waals surface area (Å²) in [6, 6.07) is 9.24. The zero-order valence-corrected chi connectivity index (χ0v) is 14.3. The van der Waals surface area contributed by atoms with Gasteiger partial charge in [-0.2, -0.15) is 0 Å². The molecule has 1 saturated carbocycles. The summed E-state index contributed by atoms with van der Waals surface area (Å²) in [7, 11) is 0. The lowest BCUT2D eigenvalue weighted by Crippen LogP contribution is -2.53. The first-order chi connectivity index (χ1) is 9.82. The van der Waals surface area contributed by atoms with E-state index in [1.807, 2.05) is 0 Å². The molecule has 2 rings (SSSR count). The van der Waals surface area contributed by atoms with E-state index in [4.69, 9.17) is 4.74 Å². The summed E-state index contributed by atoms with van der Waals surface area (Å²) in [6.07, 6.45) is 5.00. The Kier molecular flexibility index (Phi) is 5.32. The molecule has 1 aliphatic rings. The van der Waals surface area contributed by atoms with Gasteiger partial charge in [0.2, 0.25) is 0 Å². The summed E-state index contributed by atoms with van der Waals surface area (Å²) in [4.78, 5) is 0. The van der Waals surface area contributed by atoms with Gasteiger partial charge in [0.05, 0.1) is 0 Å². The number of nitrogens with one attached hydrogen (secondary N) is 1. The molecular formula is C19H31NO. The lowest BCUT2D eigenvalue weighted by molar-refractivity contribution is 0.0733. The number of rotatable bonds is 6. The second-order valence-electron chi connectivity index (χ2n) is 7.88. The summed E-state index contributed by atoms with van der Waals surface area (Å²) in [5.41, 5.74) is 1.59. The molecular weight excluding hydrogens is 258 g/mol. The number of ether oxygens (including phenoxy) is 1. The first kappa shape index (κ1) is 16.4. The van der Waals surface area contributed by atoms with Crippen LogP contribution < -0.4 is 10.1 Å². The van der Waals surface area contributed by atoms with Gasteiger partial charge >= 0.3 is 0 Å². The molecule has 0 aromatic heterocycles. The molecule has 0 amide bonds. The number of aryl methyl sites for hydroxylation is 1. The Hall–Kier alpha value is -1.02. The molecule has 1 aromatic carbocycles. The van der Waals surface area contributed by atoms with Gasteiger partial charge in [-0.1, -0.05) is 26.0 Å². The smallest absolute Gasteiger partial charge is 0.119 e. The predicted molar refractivity (Wildman–Crippen MR) is 89.9 cm³/mol. The fourth-order valence-corrected chi connectivity index (χ4v) is 2.81. The Morgan fingerprint density at radius 3 is 2.57 bits per heavy atom. The van der Waals surface area contributed by atoms with Crippen LogP contribution in [0.4, 0.5) is 0 Å². The fraction of sp³-hybridized carbons (Fsp3) is 0.684. The van der Waals surface area contributed by atoms with Crippen LogP contribution in [0.3, 0.4) is 0 Å². The van der Waals surface area contributed by atoms with Crippen LogP contribution >= 0.6 is 0 Å². The van der Waals surface area contributed by atoms with Crippen LogP contribution in [-0.2, 0) is 6.42 Å². The summed E-state index contributed by atoms with van der Waals surface area (Å²) < 4.78 is 6.10. The lowest BCUT2D eigenvalue weighted by Gasteiger charge is -2.40. The molecule has 1 aromatic rings. The molecule has 2 heteroatoms. The van der Waals surface area contributed by atoms with Crippen molar-refractivity contribution in [1.82, 2.24) is 5.32 Å². The molecule has 1 fully saturated rings. The normalized spacial score (nSPS) is 22.2.